The van der Waals surface area contributed by atoms with Crippen molar-refractivity contribution in [3.05, 3.63) is 17.7 Å². The maximum absolute atomic E-state index is 12.6. The topological polar surface area (TPSA) is 60.9 Å². The number of carbonyl (C=O) groups excluding carboxylic acids is 1. The number of hydrogen-bond donors (Lipinski definition) is 0. The number of aromatic nitrogens is 1. The van der Waals surface area contributed by atoms with E-state index in [9.17, 15) is 4.79 Å². The van der Waals surface area contributed by atoms with E-state index in [1.807, 2.05) is 0 Å². The summed E-state index contributed by atoms with van der Waals surface area (Å²) in [7, 11) is 4.69. The molecule has 1 fully saturated rings. The van der Waals surface area contributed by atoms with Gasteiger partial charge in [-0.3, -0.25) is 4.79 Å². The molecule has 2 rings (SSSR count). The first kappa shape index (κ1) is 14.6. The van der Waals surface area contributed by atoms with Gasteiger partial charge in [-0.15, -0.1) is 0 Å². The van der Waals surface area contributed by atoms with Gasteiger partial charge in [0.1, 0.15) is 5.56 Å². The summed E-state index contributed by atoms with van der Waals surface area (Å²) in [6.07, 6.45) is 2.03. The van der Waals surface area contributed by atoms with Crippen molar-refractivity contribution < 1.29 is 19.0 Å². The minimum atomic E-state index is -0.0845. The second kappa shape index (κ2) is 6.56. The van der Waals surface area contributed by atoms with Crippen LogP contribution >= 0.6 is 0 Å². The third-order valence-corrected chi connectivity index (χ3v) is 3.47. The molecule has 1 saturated heterocycles. The summed E-state index contributed by atoms with van der Waals surface area (Å²) in [5.74, 6) is 0.624. The lowest BCUT2D eigenvalue weighted by molar-refractivity contribution is 0.0267. The smallest absolute Gasteiger partial charge is 0.259 e. The molecule has 2 heterocycles. The summed E-state index contributed by atoms with van der Waals surface area (Å²) in [6.45, 7) is 1.33. The molecule has 0 aliphatic carbocycles. The summed E-state index contributed by atoms with van der Waals surface area (Å²) in [6, 6.07) is 3.34. The lowest BCUT2D eigenvalue weighted by atomic mass is 10.1. The van der Waals surface area contributed by atoms with Gasteiger partial charge in [-0.1, -0.05) is 0 Å². The number of piperidine rings is 1. The van der Waals surface area contributed by atoms with E-state index in [1.54, 1.807) is 24.1 Å². The average molecular weight is 280 g/mol. The first-order valence-electron chi connectivity index (χ1n) is 6.60. The number of methoxy groups -OCH3 is 3. The van der Waals surface area contributed by atoms with Crippen LogP contribution in [0.3, 0.4) is 0 Å². The van der Waals surface area contributed by atoms with Gasteiger partial charge in [-0.05, 0) is 18.9 Å². The number of ether oxygens (including phenoxy) is 3. The SMILES string of the molecule is COc1ccc(C(=O)N2CCC[C@H](OC)C2)c(OC)n1. The Balaban J connectivity index is 2.19. The molecular formula is C14H20N2O4. The highest BCUT2D eigenvalue weighted by Crippen LogP contribution is 2.23. The maximum atomic E-state index is 12.6. The van der Waals surface area contributed by atoms with Crippen molar-refractivity contribution in [3.8, 4) is 11.8 Å². The summed E-state index contributed by atoms with van der Waals surface area (Å²) in [5, 5.41) is 0. The monoisotopic (exact) mass is 280 g/mol. The van der Waals surface area contributed by atoms with Crippen LogP contribution in [0.25, 0.3) is 0 Å². The van der Waals surface area contributed by atoms with Gasteiger partial charge in [0.25, 0.3) is 5.91 Å². The predicted molar refractivity (Wildman–Crippen MR) is 73.3 cm³/mol. The van der Waals surface area contributed by atoms with Crippen LogP contribution < -0.4 is 9.47 Å². The Bertz CT molecular complexity index is 478. The summed E-state index contributed by atoms with van der Waals surface area (Å²) >= 11 is 0. The third kappa shape index (κ3) is 3.01. The molecule has 0 saturated carbocycles. The van der Waals surface area contributed by atoms with Gasteiger partial charge in [0, 0.05) is 26.3 Å². The van der Waals surface area contributed by atoms with Crippen molar-refractivity contribution in [3.63, 3.8) is 0 Å². The quantitative estimate of drug-likeness (QED) is 0.833. The normalized spacial score (nSPS) is 18.8. The van der Waals surface area contributed by atoms with Crippen molar-refractivity contribution in [1.29, 1.82) is 0 Å². The average Bonchev–Trinajstić information content (AvgIpc) is 2.53. The van der Waals surface area contributed by atoms with Gasteiger partial charge in [0.2, 0.25) is 11.8 Å². The zero-order chi connectivity index (χ0) is 14.5. The highest BCUT2D eigenvalue weighted by Gasteiger charge is 2.26. The van der Waals surface area contributed by atoms with E-state index in [4.69, 9.17) is 14.2 Å². The Morgan fingerprint density at radius 1 is 1.30 bits per heavy atom. The molecule has 0 unspecified atom stereocenters. The molecule has 110 valence electrons. The second-order valence-corrected chi connectivity index (χ2v) is 4.66. The number of pyridine rings is 1. The number of hydrogen-bond acceptors (Lipinski definition) is 5. The lowest BCUT2D eigenvalue weighted by Crippen LogP contribution is -2.43. The van der Waals surface area contributed by atoms with Crippen molar-refractivity contribution in [2.75, 3.05) is 34.4 Å². The second-order valence-electron chi connectivity index (χ2n) is 4.66. The molecule has 0 bridgehead atoms. The number of amides is 1. The van der Waals surface area contributed by atoms with Gasteiger partial charge in [-0.25, -0.2) is 0 Å². The summed E-state index contributed by atoms with van der Waals surface area (Å²) in [5.41, 5.74) is 0.449. The zero-order valence-corrected chi connectivity index (χ0v) is 12.1. The van der Waals surface area contributed by atoms with Crippen LogP contribution in [0, 0.1) is 0 Å². The minimum Gasteiger partial charge on any atom is -0.481 e. The van der Waals surface area contributed by atoms with E-state index in [0.717, 1.165) is 19.4 Å². The highest BCUT2D eigenvalue weighted by atomic mass is 16.5. The fraction of sp³-hybridized carbons (Fsp3) is 0.571. The standard InChI is InChI=1S/C14H20N2O4/c1-18-10-5-4-8-16(9-10)14(17)11-6-7-12(19-2)15-13(11)20-3/h6-7,10H,4-5,8-9H2,1-3H3/t10-/m0/s1. The van der Waals surface area contributed by atoms with E-state index < -0.39 is 0 Å². The molecule has 6 heteroatoms. The van der Waals surface area contributed by atoms with Crippen LogP contribution in [0.5, 0.6) is 11.8 Å². The molecule has 6 nitrogen and oxygen atoms in total. The van der Waals surface area contributed by atoms with E-state index in [1.165, 1.54) is 14.2 Å². The largest absolute Gasteiger partial charge is 0.481 e. The molecule has 20 heavy (non-hydrogen) atoms. The fourth-order valence-electron chi connectivity index (χ4n) is 2.34. The minimum absolute atomic E-state index is 0.0845. The van der Waals surface area contributed by atoms with Crippen molar-refractivity contribution in [1.82, 2.24) is 9.88 Å². The van der Waals surface area contributed by atoms with Gasteiger partial charge < -0.3 is 19.1 Å². The Morgan fingerprint density at radius 2 is 2.10 bits per heavy atom. The number of rotatable bonds is 4. The van der Waals surface area contributed by atoms with Gasteiger partial charge in [0.05, 0.1) is 20.3 Å². The first-order valence-corrected chi connectivity index (χ1v) is 6.60. The fourth-order valence-corrected chi connectivity index (χ4v) is 2.34. The Labute approximate surface area is 118 Å². The third-order valence-electron chi connectivity index (χ3n) is 3.47. The van der Waals surface area contributed by atoms with Crippen LogP contribution in [-0.4, -0.2) is 56.3 Å². The van der Waals surface area contributed by atoms with E-state index in [-0.39, 0.29) is 17.9 Å². The number of likely N-dealkylation sites (tertiary alicyclic amines) is 1. The zero-order valence-electron chi connectivity index (χ0n) is 12.1. The molecule has 1 aliphatic heterocycles. The Hall–Kier alpha value is -1.82. The number of carbonyl (C=O) groups is 1. The predicted octanol–water partition coefficient (Wildman–Crippen LogP) is 1.35. The van der Waals surface area contributed by atoms with Crippen LogP contribution in [0.15, 0.2) is 12.1 Å². The molecular weight excluding hydrogens is 260 g/mol. The molecule has 1 aliphatic rings. The summed E-state index contributed by atoms with van der Waals surface area (Å²) < 4.78 is 15.6. The van der Waals surface area contributed by atoms with Crippen molar-refractivity contribution >= 4 is 5.91 Å². The molecule has 0 radical (unpaired) electrons. The maximum Gasteiger partial charge on any atom is 0.259 e. The van der Waals surface area contributed by atoms with Crippen LogP contribution in [0.4, 0.5) is 0 Å². The van der Waals surface area contributed by atoms with E-state index in [0.29, 0.717) is 18.0 Å². The molecule has 0 spiro atoms. The van der Waals surface area contributed by atoms with Crippen LogP contribution in [0.1, 0.15) is 23.2 Å². The highest BCUT2D eigenvalue weighted by molar-refractivity contribution is 5.96. The van der Waals surface area contributed by atoms with Gasteiger partial charge in [0.15, 0.2) is 0 Å². The van der Waals surface area contributed by atoms with Crippen LogP contribution in [0.2, 0.25) is 0 Å². The summed E-state index contributed by atoms with van der Waals surface area (Å²) in [4.78, 5) is 18.5. The molecule has 1 aromatic heterocycles. The van der Waals surface area contributed by atoms with Gasteiger partial charge in [-0.2, -0.15) is 4.98 Å². The molecule has 1 aromatic rings. The molecule has 0 aromatic carbocycles. The van der Waals surface area contributed by atoms with Crippen molar-refractivity contribution in [2.45, 2.75) is 18.9 Å². The number of nitrogens with zero attached hydrogens (tertiary/aromatic N) is 2. The van der Waals surface area contributed by atoms with Crippen LogP contribution in [-0.2, 0) is 4.74 Å². The first-order chi connectivity index (χ1) is 9.69. The van der Waals surface area contributed by atoms with E-state index in [2.05, 4.69) is 4.98 Å². The molecule has 1 amide bonds. The van der Waals surface area contributed by atoms with E-state index >= 15 is 0 Å². The Kier molecular flexibility index (Phi) is 4.79. The molecule has 0 N–H and O–H groups in total. The Morgan fingerprint density at radius 3 is 2.75 bits per heavy atom. The van der Waals surface area contributed by atoms with Crippen molar-refractivity contribution in [2.24, 2.45) is 0 Å². The van der Waals surface area contributed by atoms with Gasteiger partial charge >= 0.3 is 0 Å². The lowest BCUT2D eigenvalue weighted by Gasteiger charge is -2.32. The molecule has 1 atom stereocenters.